The molecule has 78 valence electrons. The first-order chi connectivity index (χ1) is 6.62. The molecule has 2 rings (SSSR count). The lowest BCUT2D eigenvalue weighted by Gasteiger charge is -2.13. The smallest absolute Gasteiger partial charge is 0.183 e. The number of hydrogen-bond acceptors (Lipinski definition) is 3. The third-order valence-electron chi connectivity index (χ3n) is 3.05. The molecule has 1 heterocycles. The average Bonchev–Trinajstić information content (AvgIpc) is 2.71. The van der Waals surface area contributed by atoms with Crippen LogP contribution in [0.25, 0.3) is 0 Å². The van der Waals surface area contributed by atoms with E-state index in [-0.39, 0.29) is 11.8 Å². The molecule has 3 heteroatoms. The van der Waals surface area contributed by atoms with Gasteiger partial charge in [0.25, 0.3) is 0 Å². The van der Waals surface area contributed by atoms with Crippen molar-refractivity contribution in [2.45, 2.75) is 44.2 Å². The van der Waals surface area contributed by atoms with Crippen molar-refractivity contribution < 1.29 is 9.53 Å². The van der Waals surface area contributed by atoms with Gasteiger partial charge in [0.15, 0.2) is 5.78 Å². The van der Waals surface area contributed by atoms with Gasteiger partial charge in [-0.3, -0.25) is 4.79 Å². The van der Waals surface area contributed by atoms with Gasteiger partial charge in [-0.1, -0.05) is 11.6 Å². The average molecular weight is 195 g/mol. The predicted molar refractivity (Wildman–Crippen MR) is 53.9 cm³/mol. The number of Topliss-reactive ketones (excluding diaryl/α,β-unsaturated/α-hetero) is 1. The molecule has 2 N–H and O–H groups in total. The van der Waals surface area contributed by atoms with Crippen molar-refractivity contribution in [2.24, 2.45) is 5.73 Å². The second kappa shape index (κ2) is 3.48. The molecule has 1 aliphatic carbocycles. The number of ether oxygens (including phenoxy) is 1. The molecule has 2 aliphatic rings. The van der Waals surface area contributed by atoms with E-state index < -0.39 is 5.60 Å². The fourth-order valence-electron chi connectivity index (χ4n) is 1.94. The molecule has 0 unspecified atom stereocenters. The Kier molecular flexibility index (Phi) is 2.45. The molecule has 0 aromatic rings. The molecule has 3 nitrogen and oxygen atoms in total. The summed E-state index contributed by atoms with van der Waals surface area (Å²) in [6, 6.07) is -0.369. The minimum absolute atomic E-state index is 0.0605. The van der Waals surface area contributed by atoms with Crippen molar-refractivity contribution in [3.8, 4) is 0 Å². The first-order valence-electron chi connectivity index (χ1n) is 5.23. The minimum Gasteiger partial charge on any atom is -0.362 e. The van der Waals surface area contributed by atoms with Crippen molar-refractivity contribution in [3.05, 3.63) is 11.6 Å². The summed E-state index contributed by atoms with van der Waals surface area (Å²) in [5.74, 6) is 0.0605. The van der Waals surface area contributed by atoms with Crippen molar-refractivity contribution >= 4 is 5.78 Å². The lowest BCUT2D eigenvalue weighted by molar-refractivity contribution is -0.124. The van der Waals surface area contributed by atoms with Gasteiger partial charge in [0, 0.05) is 0 Å². The number of nitrogens with two attached hydrogens (primary N) is 1. The summed E-state index contributed by atoms with van der Waals surface area (Å²) in [5.41, 5.74) is 6.64. The van der Waals surface area contributed by atoms with E-state index in [0.717, 1.165) is 19.3 Å². The molecule has 0 radical (unpaired) electrons. The minimum atomic E-state index is -0.557. The van der Waals surface area contributed by atoms with E-state index in [2.05, 4.69) is 6.08 Å². The molecule has 2 atom stereocenters. The molecule has 1 aliphatic heterocycles. The van der Waals surface area contributed by atoms with Gasteiger partial charge in [-0.05, 0) is 32.6 Å². The maximum Gasteiger partial charge on any atom is 0.183 e. The fraction of sp³-hybridized carbons (Fsp3) is 0.727. The van der Waals surface area contributed by atoms with Crippen LogP contribution in [-0.2, 0) is 9.53 Å². The van der Waals surface area contributed by atoms with E-state index in [9.17, 15) is 4.79 Å². The zero-order valence-electron chi connectivity index (χ0n) is 8.58. The molecule has 1 fully saturated rings. The van der Waals surface area contributed by atoms with Crippen LogP contribution >= 0.6 is 0 Å². The summed E-state index contributed by atoms with van der Waals surface area (Å²) in [5, 5.41) is 0. The van der Waals surface area contributed by atoms with E-state index in [1.54, 1.807) is 0 Å². The number of carbonyl (C=O) groups is 1. The normalized spacial score (nSPS) is 32.6. The van der Waals surface area contributed by atoms with Gasteiger partial charge in [-0.2, -0.15) is 0 Å². The topological polar surface area (TPSA) is 55.6 Å². The number of hydrogen-bond donors (Lipinski definition) is 1. The second-order valence-corrected chi connectivity index (χ2v) is 4.45. The lowest BCUT2D eigenvalue weighted by atomic mass is 9.95. The van der Waals surface area contributed by atoms with Crippen molar-refractivity contribution in [1.82, 2.24) is 0 Å². The Hall–Kier alpha value is -0.670. The van der Waals surface area contributed by atoms with Gasteiger partial charge in [0.1, 0.15) is 5.60 Å². The zero-order chi connectivity index (χ0) is 10.2. The molecule has 0 saturated carbocycles. The highest BCUT2D eigenvalue weighted by molar-refractivity contribution is 5.93. The molecule has 0 aromatic carbocycles. The summed E-state index contributed by atoms with van der Waals surface area (Å²) >= 11 is 0. The molecule has 14 heavy (non-hydrogen) atoms. The zero-order valence-corrected chi connectivity index (χ0v) is 8.58. The molecular weight excluding hydrogens is 178 g/mol. The van der Waals surface area contributed by atoms with Gasteiger partial charge in [0.05, 0.1) is 12.6 Å². The molecule has 0 aromatic heterocycles. The summed E-state index contributed by atoms with van der Waals surface area (Å²) in [6.45, 7) is 2.36. The van der Waals surface area contributed by atoms with Gasteiger partial charge < -0.3 is 10.5 Å². The van der Waals surface area contributed by atoms with Gasteiger partial charge in [-0.15, -0.1) is 0 Å². The Balaban J connectivity index is 1.88. The molecule has 0 amide bonds. The number of allylic oxidation sites excluding steroid dienone is 1. The highest BCUT2D eigenvalue weighted by Crippen LogP contribution is 2.30. The second-order valence-electron chi connectivity index (χ2n) is 4.45. The maximum atomic E-state index is 11.7. The van der Waals surface area contributed by atoms with Crippen LogP contribution in [0.1, 0.15) is 32.6 Å². The Morgan fingerprint density at radius 1 is 1.79 bits per heavy atom. The van der Waals surface area contributed by atoms with Gasteiger partial charge >= 0.3 is 0 Å². The van der Waals surface area contributed by atoms with E-state index in [1.165, 1.54) is 12.0 Å². The molecule has 1 saturated heterocycles. The summed E-state index contributed by atoms with van der Waals surface area (Å²) in [4.78, 5) is 11.7. The Bertz CT molecular complexity index is 279. The van der Waals surface area contributed by atoms with E-state index in [1.807, 2.05) is 6.92 Å². The maximum absolute atomic E-state index is 11.7. The largest absolute Gasteiger partial charge is 0.362 e. The highest BCUT2D eigenvalue weighted by atomic mass is 16.6. The first-order valence-corrected chi connectivity index (χ1v) is 5.23. The number of carbonyl (C=O) groups excluding carboxylic acids is 1. The standard InChI is InChI=1S/C11H17NO2/c1-11(7-14-11)10(13)9(12)6-8-4-2-3-5-8/h4,9H,2-3,5-7,12H2,1H3/t9-,11+/m0/s1. The first kappa shape index (κ1) is 9.87. The van der Waals surface area contributed by atoms with Crippen molar-refractivity contribution in [1.29, 1.82) is 0 Å². The van der Waals surface area contributed by atoms with Crippen LogP contribution in [0, 0.1) is 0 Å². The number of ketones is 1. The van der Waals surface area contributed by atoms with Crippen LogP contribution in [0.3, 0.4) is 0 Å². The van der Waals surface area contributed by atoms with E-state index >= 15 is 0 Å². The molecule has 0 spiro atoms. The van der Waals surface area contributed by atoms with Crippen LogP contribution in [-0.4, -0.2) is 24.0 Å². The predicted octanol–water partition coefficient (Wildman–Crippen LogP) is 1.17. The highest BCUT2D eigenvalue weighted by Gasteiger charge is 2.48. The van der Waals surface area contributed by atoms with Gasteiger partial charge in [0.2, 0.25) is 0 Å². The van der Waals surface area contributed by atoms with Gasteiger partial charge in [-0.25, -0.2) is 0 Å². The fourth-order valence-corrected chi connectivity index (χ4v) is 1.94. The summed E-state index contributed by atoms with van der Waals surface area (Å²) in [7, 11) is 0. The van der Waals surface area contributed by atoms with E-state index in [0.29, 0.717) is 6.61 Å². The Morgan fingerprint density at radius 3 is 3.00 bits per heavy atom. The van der Waals surface area contributed by atoms with Crippen molar-refractivity contribution in [3.63, 3.8) is 0 Å². The quantitative estimate of drug-likeness (QED) is 0.541. The van der Waals surface area contributed by atoms with Crippen LogP contribution in [0.4, 0.5) is 0 Å². The van der Waals surface area contributed by atoms with Crippen molar-refractivity contribution in [2.75, 3.05) is 6.61 Å². The van der Waals surface area contributed by atoms with E-state index in [4.69, 9.17) is 10.5 Å². The van der Waals surface area contributed by atoms with Crippen LogP contribution < -0.4 is 5.73 Å². The molecular formula is C11H17NO2. The third-order valence-corrected chi connectivity index (χ3v) is 3.05. The van der Waals surface area contributed by atoms with Crippen LogP contribution in [0.15, 0.2) is 11.6 Å². The van der Waals surface area contributed by atoms with Crippen LogP contribution in [0.5, 0.6) is 0 Å². The third kappa shape index (κ3) is 1.88. The Labute approximate surface area is 84.3 Å². The number of epoxide rings is 1. The SMILES string of the molecule is C[C@]1(C(=O)[C@@H](N)CC2=CCCC2)CO1. The van der Waals surface area contributed by atoms with Crippen LogP contribution in [0.2, 0.25) is 0 Å². The number of rotatable bonds is 4. The lowest BCUT2D eigenvalue weighted by Crippen LogP contribution is -2.39. The summed E-state index contributed by atoms with van der Waals surface area (Å²) in [6.07, 6.45) is 6.40. The monoisotopic (exact) mass is 195 g/mol. The molecule has 0 bridgehead atoms. The summed E-state index contributed by atoms with van der Waals surface area (Å²) < 4.78 is 5.09. The Morgan fingerprint density at radius 2 is 2.50 bits per heavy atom.